The number of para-hydroxylation sites is 1. The SMILES string of the molecule is COc1cccc(C(=O)NCCOc2ccc3c(c2)OCO3)c1OC(F)F. The van der Waals surface area contributed by atoms with E-state index in [1.807, 2.05) is 0 Å². The van der Waals surface area contributed by atoms with Crippen LogP contribution in [0.5, 0.6) is 28.7 Å². The van der Waals surface area contributed by atoms with E-state index in [-0.39, 0.29) is 37.0 Å². The zero-order valence-corrected chi connectivity index (χ0v) is 14.4. The Morgan fingerprint density at radius 1 is 1.22 bits per heavy atom. The minimum Gasteiger partial charge on any atom is -0.493 e. The van der Waals surface area contributed by atoms with Gasteiger partial charge in [-0.25, -0.2) is 0 Å². The lowest BCUT2D eigenvalue weighted by atomic mass is 10.1. The first kappa shape index (κ1) is 18.6. The van der Waals surface area contributed by atoms with Crippen molar-refractivity contribution in [3.8, 4) is 28.7 Å². The number of ether oxygens (including phenoxy) is 5. The third-order valence-electron chi connectivity index (χ3n) is 3.65. The molecule has 1 amide bonds. The third kappa shape index (κ3) is 4.49. The Balaban J connectivity index is 1.56. The molecule has 1 aliphatic rings. The quantitative estimate of drug-likeness (QED) is 0.709. The van der Waals surface area contributed by atoms with Gasteiger partial charge in [0.25, 0.3) is 5.91 Å². The molecule has 3 rings (SSSR count). The molecule has 0 fully saturated rings. The summed E-state index contributed by atoms with van der Waals surface area (Å²) < 4.78 is 50.6. The smallest absolute Gasteiger partial charge is 0.387 e. The van der Waals surface area contributed by atoms with Gasteiger partial charge in [-0.2, -0.15) is 8.78 Å². The second-order valence-electron chi connectivity index (χ2n) is 5.33. The lowest BCUT2D eigenvalue weighted by Gasteiger charge is -2.14. The number of carbonyl (C=O) groups excluding carboxylic acids is 1. The fourth-order valence-corrected chi connectivity index (χ4v) is 2.46. The van der Waals surface area contributed by atoms with Crippen LogP contribution in [-0.4, -0.2) is 39.6 Å². The Morgan fingerprint density at radius 2 is 2.04 bits per heavy atom. The summed E-state index contributed by atoms with van der Waals surface area (Å²) in [7, 11) is 1.30. The highest BCUT2D eigenvalue weighted by Gasteiger charge is 2.20. The van der Waals surface area contributed by atoms with Crippen LogP contribution in [0.4, 0.5) is 8.78 Å². The number of methoxy groups -OCH3 is 1. The molecule has 144 valence electrons. The van der Waals surface area contributed by atoms with Crippen LogP contribution in [0.2, 0.25) is 0 Å². The van der Waals surface area contributed by atoms with Gasteiger partial charge in [0.2, 0.25) is 6.79 Å². The molecule has 0 bridgehead atoms. The van der Waals surface area contributed by atoms with Gasteiger partial charge in [0.15, 0.2) is 23.0 Å². The van der Waals surface area contributed by atoms with Crippen molar-refractivity contribution >= 4 is 5.91 Å². The number of nitrogens with one attached hydrogen (secondary N) is 1. The van der Waals surface area contributed by atoms with Gasteiger partial charge in [0.05, 0.1) is 19.2 Å². The van der Waals surface area contributed by atoms with Crippen LogP contribution in [0.25, 0.3) is 0 Å². The Labute approximate surface area is 153 Å². The van der Waals surface area contributed by atoms with E-state index in [0.29, 0.717) is 17.2 Å². The lowest BCUT2D eigenvalue weighted by molar-refractivity contribution is -0.0515. The predicted molar refractivity (Wildman–Crippen MR) is 90.0 cm³/mol. The molecule has 1 aliphatic heterocycles. The molecule has 0 unspecified atom stereocenters. The molecule has 0 saturated carbocycles. The summed E-state index contributed by atoms with van der Waals surface area (Å²) in [5, 5.41) is 2.59. The summed E-state index contributed by atoms with van der Waals surface area (Å²) in [6, 6.07) is 9.42. The van der Waals surface area contributed by atoms with E-state index in [0.717, 1.165) is 0 Å². The van der Waals surface area contributed by atoms with Crippen LogP contribution in [-0.2, 0) is 0 Å². The van der Waals surface area contributed by atoms with Crippen molar-refractivity contribution in [1.29, 1.82) is 0 Å². The first-order chi connectivity index (χ1) is 13.1. The van der Waals surface area contributed by atoms with Gasteiger partial charge >= 0.3 is 6.61 Å². The molecular formula is C18H17F2NO6. The topological polar surface area (TPSA) is 75.3 Å². The Kier molecular flexibility index (Phi) is 5.80. The van der Waals surface area contributed by atoms with Gasteiger partial charge in [0.1, 0.15) is 12.4 Å². The molecule has 0 saturated heterocycles. The molecule has 0 atom stereocenters. The molecule has 1 N–H and O–H groups in total. The average Bonchev–Trinajstić information content (AvgIpc) is 3.12. The first-order valence-corrected chi connectivity index (χ1v) is 8.01. The number of benzene rings is 2. The third-order valence-corrected chi connectivity index (χ3v) is 3.65. The summed E-state index contributed by atoms with van der Waals surface area (Å²) in [4.78, 5) is 12.3. The van der Waals surface area contributed by atoms with Crippen LogP contribution in [0.15, 0.2) is 36.4 Å². The molecule has 0 radical (unpaired) electrons. The molecule has 0 aromatic heterocycles. The van der Waals surface area contributed by atoms with Gasteiger partial charge in [-0.3, -0.25) is 4.79 Å². The minimum atomic E-state index is -3.08. The molecule has 7 nitrogen and oxygen atoms in total. The molecular weight excluding hydrogens is 364 g/mol. The largest absolute Gasteiger partial charge is 0.493 e. The highest BCUT2D eigenvalue weighted by atomic mass is 19.3. The number of halogens is 2. The number of fused-ring (bicyclic) bond motifs is 1. The highest BCUT2D eigenvalue weighted by Crippen LogP contribution is 2.35. The highest BCUT2D eigenvalue weighted by molar-refractivity contribution is 5.97. The second kappa shape index (κ2) is 8.43. The monoisotopic (exact) mass is 381 g/mol. The maximum atomic E-state index is 12.6. The van der Waals surface area contributed by atoms with Crippen molar-refractivity contribution in [1.82, 2.24) is 5.32 Å². The van der Waals surface area contributed by atoms with Crippen molar-refractivity contribution in [2.45, 2.75) is 6.61 Å². The van der Waals surface area contributed by atoms with Crippen molar-refractivity contribution in [3.63, 3.8) is 0 Å². The minimum absolute atomic E-state index is 0.0413. The van der Waals surface area contributed by atoms with Gasteiger partial charge < -0.3 is 29.0 Å². The Bertz CT molecular complexity index is 814. The summed E-state index contributed by atoms with van der Waals surface area (Å²) in [6.07, 6.45) is 0. The molecule has 1 heterocycles. The molecule has 0 spiro atoms. The predicted octanol–water partition coefficient (Wildman–Crippen LogP) is 2.83. The molecule has 2 aromatic rings. The first-order valence-electron chi connectivity index (χ1n) is 8.01. The van der Waals surface area contributed by atoms with E-state index in [1.165, 1.54) is 25.3 Å². The Morgan fingerprint density at radius 3 is 2.81 bits per heavy atom. The second-order valence-corrected chi connectivity index (χ2v) is 5.33. The molecule has 2 aromatic carbocycles. The normalized spacial score (nSPS) is 12.0. The maximum absolute atomic E-state index is 12.6. The van der Waals surface area contributed by atoms with Crippen LogP contribution >= 0.6 is 0 Å². The van der Waals surface area contributed by atoms with Crippen molar-refractivity contribution in [2.24, 2.45) is 0 Å². The number of amides is 1. The summed E-state index contributed by atoms with van der Waals surface area (Å²) in [5.41, 5.74) is -0.0577. The van der Waals surface area contributed by atoms with Crippen molar-refractivity contribution in [3.05, 3.63) is 42.0 Å². The fourth-order valence-electron chi connectivity index (χ4n) is 2.46. The van der Waals surface area contributed by atoms with Crippen LogP contribution in [0.3, 0.4) is 0 Å². The Hall–Kier alpha value is -3.23. The van der Waals surface area contributed by atoms with E-state index in [9.17, 15) is 13.6 Å². The number of carbonyl (C=O) groups is 1. The summed E-state index contributed by atoms with van der Waals surface area (Å²) in [6.45, 7) is -2.60. The standard InChI is InChI=1S/C18H17F2NO6/c1-23-14-4-2-3-12(16(14)27-18(19)20)17(22)21-7-8-24-11-5-6-13-15(9-11)26-10-25-13/h2-6,9,18H,7-8,10H2,1H3,(H,21,22). The average molecular weight is 381 g/mol. The fraction of sp³-hybridized carbons (Fsp3) is 0.278. The number of alkyl halides is 2. The van der Waals surface area contributed by atoms with E-state index in [2.05, 4.69) is 10.1 Å². The van der Waals surface area contributed by atoms with Gasteiger partial charge in [-0.1, -0.05) is 6.07 Å². The summed E-state index contributed by atoms with van der Waals surface area (Å²) >= 11 is 0. The van der Waals surface area contributed by atoms with Crippen molar-refractivity contribution in [2.75, 3.05) is 27.1 Å². The zero-order chi connectivity index (χ0) is 19.2. The van der Waals surface area contributed by atoms with Gasteiger partial charge in [0, 0.05) is 6.07 Å². The summed E-state index contributed by atoms with van der Waals surface area (Å²) in [5.74, 6) is 0.918. The number of hydrogen-bond donors (Lipinski definition) is 1. The van der Waals surface area contributed by atoms with E-state index in [1.54, 1.807) is 18.2 Å². The zero-order valence-electron chi connectivity index (χ0n) is 14.4. The molecule has 9 heteroatoms. The van der Waals surface area contributed by atoms with E-state index >= 15 is 0 Å². The molecule has 27 heavy (non-hydrogen) atoms. The van der Waals surface area contributed by atoms with Crippen molar-refractivity contribution < 1.29 is 37.3 Å². The van der Waals surface area contributed by atoms with Gasteiger partial charge in [-0.05, 0) is 24.3 Å². The van der Waals surface area contributed by atoms with Crippen LogP contribution < -0.4 is 29.0 Å². The van der Waals surface area contributed by atoms with Gasteiger partial charge in [-0.15, -0.1) is 0 Å². The molecule has 0 aliphatic carbocycles. The van der Waals surface area contributed by atoms with E-state index in [4.69, 9.17) is 18.9 Å². The number of rotatable bonds is 8. The van der Waals surface area contributed by atoms with E-state index < -0.39 is 12.5 Å². The van der Waals surface area contributed by atoms with Crippen LogP contribution in [0, 0.1) is 0 Å². The van der Waals surface area contributed by atoms with Crippen LogP contribution in [0.1, 0.15) is 10.4 Å². The maximum Gasteiger partial charge on any atom is 0.387 e. The lowest BCUT2D eigenvalue weighted by Crippen LogP contribution is -2.28. The number of hydrogen-bond acceptors (Lipinski definition) is 6.